The average molecular weight is 479 g/mol. The number of fused-ring (bicyclic) bond motifs is 1. The Kier molecular flexibility index (Phi) is 7.18. The smallest absolute Gasteiger partial charge is 0.311 e. The lowest BCUT2D eigenvalue weighted by Crippen LogP contribution is -2.16. The van der Waals surface area contributed by atoms with Crippen LogP contribution >= 0.6 is 11.6 Å². The number of aryl methyl sites for hydroxylation is 1. The van der Waals surface area contributed by atoms with Gasteiger partial charge in [0.25, 0.3) is 0 Å². The zero-order valence-corrected chi connectivity index (χ0v) is 19.6. The Morgan fingerprint density at radius 1 is 0.971 bits per heavy atom. The van der Waals surface area contributed by atoms with Crippen LogP contribution in [0, 0.1) is 6.92 Å². The van der Waals surface area contributed by atoms with Gasteiger partial charge in [0.1, 0.15) is 17.1 Å². The molecule has 0 radical (unpaired) electrons. The molecule has 0 atom stereocenters. The molecule has 0 saturated carbocycles. The third-order valence-corrected chi connectivity index (χ3v) is 5.43. The van der Waals surface area contributed by atoms with E-state index >= 15 is 0 Å². The van der Waals surface area contributed by atoms with E-state index in [-0.39, 0.29) is 17.9 Å². The van der Waals surface area contributed by atoms with Crippen molar-refractivity contribution < 1.29 is 23.4 Å². The maximum atomic E-state index is 13.2. The molecule has 34 heavy (non-hydrogen) atoms. The molecule has 174 valence electrons. The van der Waals surface area contributed by atoms with Crippen molar-refractivity contribution in [2.75, 3.05) is 13.7 Å². The molecule has 1 heterocycles. The summed E-state index contributed by atoms with van der Waals surface area (Å²) >= 11 is 6.00. The van der Waals surface area contributed by atoms with Crippen LogP contribution in [0.1, 0.15) is 18.4 Å². The molecular formula is C27H23ClO6. The van der Waals surface area contributed by atoms with Crippen molar-refractivity contribution >= 4 is 28.5 Å². The summed E-state index contributed by atoms with van der Waals surface area (Å²) in [6.07, 6.45) is 0.487. The Morgan fingerprint density at radius 2 is 1.68 bits per heavy atom. The molecular weight excluding hydrogens is 456 g/mol. The summed E-state index contributed by atoms with van der Waals surface area (Å²) in [5, 5.41) is 0.882. The summed E-state index contributed by atoms with van der Waals surface area (Å²) in [5.41, 5.74) is 1.53. The van der Waals surface area contributed by atoms with Crippen molar-refractivity contribution in [2.45, 2.75) is 19.8 Å². The molecule has 4 aromatic rings. The molecule has 0 bridgehead atoms. The highest BCUT2D eigenvalue weighted by molar-refractivity contribution is 6.30. The SMILES string of the molecule is COc1ccc(OCCCC(=O)Oc2c(-c3ccc(Cl)cc3)oc3cc(C)ccc3c2=O)cc1. The molecule has 0 N–H and O–H groups in total. The second-order valence-corrected chi connectivity index (χ2v) is 8.13. The summed E-state index contributed by atoms with van der Waals surface area (Å²) in [6, 6.07) is 19.2. The van der Waals surface area contributed by atoms with Crippen LogP contribution in [0.4, 0.5) is 0 Å². The maximum absolute atomic E-state index is 13.2. The molecule has 0 spiro atoms. The van der Waals surface area contributed by atoms with Crippen LogP contribution in [0.25, 0.3) is 22.3 Å². The highest BCUT2D eigenvalue weighted by Crippen LogP contribution is 2.32. The first-order valence-electron chi connectivity index (χ1n) is 10.8. The van der Waals surface area contributed by atoms with E-state index in [2.05, 4.69) is 0 Å². The van der Waals surface area contributed by atoms with Gasteiger partial charge in [-0.25, -0.2) is 0 Å². The monoisotopic (exact) mass is 478 g/mol. The minimum atomic E-state index is -0.549. The van der Waals surface area contributed by atoms with Gasteiger partial charge in [-0.15, -0.1) is 0 Å². The van der Waals surface area contributed by atoms with Crippen molar-refractivity contribution in [3.63, 3.8) is 0 Å². The van der Waals surface area contributed by atoms with Gasteiger partial charge in [-0.1, -0.05) is 17.7 Å². The number of carbonyl (C=O) groups is 1. The Hall–Kier alpha value is -3.77. The van der Waals surface area contributed by atoms with Gasteiger partial charge in [0.05, 0.1) is 19.1 Å². The third kappa shape index (κ3) is 5.41. The molecule has 0 amide bonds. The molecule has 0 aliphatic heterocycles. The second-order valence-electron chi connectivity index (χ2n) is 7.70. The van der Waals surface area contributed by atoms with E-state index in [1.807, 2.05) is 13.0 Å². The molecule has 6 nitrogen and oxygen atoms in total. The number of methoxy groups -OCH3 is 1. The Labute approximate surface area is 201 Å². The van der Waals surface area contributed by atoms with E-state index in [4.69, 9.17) is 30.2 Å². The van der Waals surface area contributed by atoms with Gasteiger partial charge in [-0.05, 0) is 79.6 Å². The summed E-state index contributed by atoms with van der Waals surface area (Å²) in [7, 11) is 1.59. The van der Waals surface area contributed by atoms with E-state index in [9.17, 15) is 9.59 Å². The average Bonchev–Trinajstić information content (AvgIpc) is 2.84. The van der Waals surface area contributed by atoms with Gasteiger partial charge >= 0.3 is 5.97 Å². The van der Waals surface area contributed by atoms with Gasteiger partial charge < -0.3 is 18.6 Å². The topological polar surface area (TPSA) is 75.0 Å². The Balaban J connectivity index is 1.51. The molecule has 4 rings (SSSR count). The van der Waals surface area contributed by atoms with Crippen LogP contribution in [0.15, 0.2) is 75.9 Å². The van der Waals surface area contributed by atoms with Crippen LogP contribution in [0.2, 0.25) is 5.02 Å². The number of hydrogen-bond donors (Lipinski definition) is 0. The molecule has 0 aliphatic carbocycles. The zero-order chi connectivity index (χ0) is 24.1. The Morgan fingerprint density at radius 3 is 2.38 bits per heavy atom. The van der Waals surface area contributed by atoms with Crippen LogP contribution in [-0.2, 0) is 4.79 Å². The molecule has 0 aliphatic rings. The Bertz CT molecular complexity index is 1360. The fraction of sp³-hybridized carbons (Fsp3) is 0.185. The highest BCUT2D eigenvalue weighted by Gasteiger charge is 2.20. The lowest BCUT2D eigenvalue weighted by atomic mass is 10.1. The molecule has 3 aromatic carbocycles. The number of halogens is 1. The van der Waals surface area contributed by atoms with Crippen molar-refractivity contribution in [1.82, 2.24) is 0 Å². The molecule has 7 heteroatoms. The molecule has 0 unspecified atom stereocenters. The predicted octanol–water partition coefficient (Wildman–Crippen LogP) is 6.20. The fourth-order valence-corrected chi connectivity index (χ4v) is 3.54. The number of hydrogen-bond acceptors (Lipinski definition) is 6. The first-order valence-corrected chi connectivity index (χ1v) is 11.1. The molecule has 1 aromatic heterocycles. The van der Waals surface area contributed by atoms with Gasteiger partial charge in [-0.3, -0.25) is 9.59 Å². The summed E-state index contributed by atoms with van der Waals surface area (Å²) in [4.78, 5) is 25.8. The van der Waals surface area contributed by atoms with E-state index < -0.39 is 11.4 Å². The number of carbonyl (C=O) groups excluding carboxylic acids is 1. The van der Waals surface area contributed by atoms with Crippen molar-refractivity contribution in [3.05, 3.63) is 87.5 Å². The fourth-order valence-electron chi connectivity index (χ4n) is 3.41. The lowest BCUT2D eigenvalue weighted by molar-refractivity contribution is -0.134. The van der Waals surface area contributed by atoms with E-state index in [0.717, 1.165) is 11.3 Å². The molecule has 0 saturated heterocycles. The van der Waals surface area contributed by atoms with E-state index in [0.29, 0.717) is 40.3 Å². The first kappa shape index (κ1) is 23.4. The standard InChI is InChI=1S/C27H23ClO6/c1-17-5-14-22-23(16-17)33-26(18-6-8-19(28)9-7-18)27(25(22)30)34-24(29)4-3-15-32-21-12-10-20(31-2)11-13-21/h5-14,16H,3-4,15H2,1-2H3. The summed E-state index contributed by atoms with van der Waals surface area (Å²) in [5.74, 6) is 0.899. The normalized spacial score (nSPS) is 10.8. The van der Waals surface area contributed by atoms with E-state index in [1.165, 1.54) is 0 Å². The van der Waals surface area contributed by atoms with Crippen molar-refractivity contribution in [2.24, 2.45) is 0 Å². The zero-order valence-electron chi connectivity index (χ0n) is 18.8. The minimum absolute atomic E-state index is 0.0710. The van der Waals surface area contributed by atoms with Crippen LogP contribution in [0.3, 0.4) is 0 Å². The number of rotatable bonds is 8. The number of benzene rings is 3. The van der Waals surface area contributed by atoms with Gasteiger partial charge in [0.15, 0.2) is 5.76 Å². The first-order chi connectivity index (χ1) is 16.4. The lowest BCUT2D eigenvalue weighted by Gasteiger charge is -2.11. The van der Waals surface area contributed by atoms with Crippen molar-refractivity contribution in [1.29, 1.82) is 0 Å². The largest absolute Gasteiger partial charge is 0.497 e. The van der Waals surface area contributed by atoms with Crippen LogP contribution in [-0.4, -0.2) is 19.7 Å². The quantitative estimate of drug-likeness (QED) is 0.222. The van der Waals surface area contributed by atoms with Crippen molar-refractivity contribution in [3.8, 4) is 28.6 Å². The van der Waals surface area contributed by atoms with Gasteiger partial charge in [0, 0.05) is 17.0 Å². The summed E-state index contributed by atoms with van der Waals surface area (Å²) in [6.45, 7) is 2.22. The summed E-state index contributed by atoms with van der Waals surface area (Å²) < 4.78 is 22.3. The third-order valence-electron chi connectivity index (χ3n) is 5.18. The number of esters is 1. The molecule has 0 fully saturated rings. The van der Waals surface area contributed by atoms with Crippen LogP contribution < -0.4 is 19.6 Å². The maximum Gasteiger partial charge on any atom is 0.311 e. The van der Waals surface area contributed by atoms with Gasteiger partial charge in [0.2, 0.25) is 11.2 Å². The second kappa shape index (κ2) is 10.4. The van der Waals surface area contributed by atoms with E-state index in [1.54, 1.807) is 67.8 Å². The predicted molar refractivity (Wildman–Crippen MR) is 131 cm³/mol. The number of ether oxygens (including phenoxy) is 3. The highest BCUT2D eigenvalue weighted by atomic mass is 35.5. The van der Waals surface area contributed by atoms with Crippen LogP contribution in [0.5, 0.6) is 17.2 Å². The van der Waals surface area contributed by atoms with Gasteiger partial charge in [-0.2, -0.15) is 0 Å². The minimum Gasteiger partial charge on any atom is -0.497 e.